The van der Waals surface area contributed by atoms with Crippen LogP contribution >= 0.6 is 0 Å². The molecule has 4 rings (SSSR count). The molecule has 0 bridgehead atoms. The fraction of sp³-hybridized carbons (Fsp3) is 0.333. The lowest BCUT2D eigenvalue weighted by molar-refractivity contribution is -0.149. The van der Waals surface area contributed by atoms with Crippen LogP contribution in [0, 0.1) is 5.92 Å². The Kier molecular flexibility index (Phi) is 2.76. The molecular formula is C18H17NO3. The van der Waals surface area contributed by atoms with Gasteiger partial charge in [-0.05, 0) is 37.0 Å². The molecule has 22 heavy (non-hydrogen) atoms. The standard InChI is InChI=1S/C18H17NO3/c20-16(13-6-7-13)18(17(21)22)10-11-19-14(8-9-15(18)19)12-4-2-1-3-5-12/h1-5,8-9,13H,6-7,10-11H2,(H,21,22). The van der Waals surface area contributed by atoms with Gasteiger partial charge < -0.3 is 9.67 Å². The predicted octanol–water partition coefficient (Wildman–Crippen LogP) is 2.86. The van der Waals surface area contributed by atoms with Crippen LogP contribution in [0.4, 0.5) is 0 Å². The van der Waals surface area contributed by atoms with E-state index in [1.807, 2.05) is 47.0 Å². The van der Waals surface area contributed by atoms with Crippen molar-refractivity contribution in [2.45, 2.75) is 31.2 Å². The Morgan fingerprint density at radius 1 is 1.09 bits per heavy atom. The molecule has 2 aliphatic rings. The van der Waals surface area contributed by atoms with Crippen molar-refractivity contribution in [2.75, 3.05) is 0 Å². The van der Waals surface area contributed by atoms with Gasteiger partial charge in [-0.25, -0.2) is 0 Å². The Hall–Kier alpha value is -2.36. The summed E-state index contributed by atoms with van der Waals surface area (Å²) in [6.07, 6.45) is 2.04. The summed E-state index contributed by atoms with van der Waals surface area (Å²) < 4.78 is 2.00. The number of carboxylic acids is 1. The van der Waals surface area contributed by atoms with Crippen LogP contribution in [-0.4, -0.2) is 21.4 Å². The van der Waals surface area contributed by atoms with Crippen LogP contribution in [-0.2, 0) is 21.5 Å². The topological polar surface area (TPSA) is 59.3 Å². The van der Waals surface area contributed by atoms with E-state index >= 15 is 0 Å². The lowest BCUT2D eigenvalue weighted by Crippen LogP contribution is -2.43. The van der Waals surface area contributed by atoms with Crippen LogP contribution in [0.3, 0.4) is 0 Å². The number of benzene rings is 1. The lowest BCUT2D eigenvalue weighted by atomic mass is 9.77. The predicted molar refractivity (Wildman–Crippen MR) is 81.5 cm³/mol. The molecule has 2 aromatic rings. The molecule has 1 aromatic heterocycles. The summed E-state index contributed by atoms with van der Waals surface area (Å²) in [6, 6.07) is 13.6. The van der Waals surface area contributed by atoms with Gasteiger partial charge in [-0.1, -0.05) is 30.3 Å². The molecule has 2 heterocycles. The number of carboxylic acid groups (broad SMARTS) is 1. The lowest BCUT2D eigenvalue weighted by Gasteiger charge is -2.22. The molecule has 1 saturated carbocycles. The van der Waals surface area contributed by atoms with E-state index in [1.54, 1.807) is 0 Å². The van der Waals surface area contributed by atoms with Crippen molar-refractivity contribution >= 4 is 11.8 Å². The van der Waals surface area contributed by atoms with E-state index < -0.39 is 11.4 Å². The molecule has 1 aromatic carbocycles. The summed E-state index contributed by atoms with van der Waals surface area (Å²) in [4.78, 5) is 24.7. The Morgan fingerprint density at radius 3 is 2.45 bits per heavy atom. The minimum atomic E-state index is -1.34. The summed E-state index contributed by atoms with van der Waals surface area (Å²) in [5.74, 6) is -1.16. The van der Waals surface area contributed by atoms with Gasteiger partial charge in [-0.2, -0.15) is 0 Å². The molecule has 0 amide bonds. The highest BCUT2D eigenvalue weighted by Crippen LogP contribution is 2.46. The Morgan fingerprint density at radius 2 is 1.82 bits per heavy atom. The fourth-order valence-electron chi connectivity index (χ4n) is 3.61. The fourth-order valence-corrected chi connectivity index (χ4v) is 3.61. The van der Waals surface area contributed by atoms with Gasteiger partial charge in [0.05, 0.1) is 0 Å². The number of carbonyl (C=O) groups is 2. The van der Waals surface area contributed by atoms with Crippen molar-refractivity contribution < 1.29 is 14.7 Å². The number of aliphatic carboxylic acids is 1. The second kappa shape index (κ2) is 4.57. The van der Waals surface area contributed by atoms with Gasteiger partial charge in [0.15, 0.2) is 11.2 Å². The molecular weight excluding hydrogens is 278 g/mol. The van der Waals surface area contributed by atoms with Crippen LogP contribution in [0.5, 0.6) is 0 Å². The molecule has 0 radical (unpaired) electrons. The molecule has 0 spiro atoms. The number of nitrogens with zero attached hydrogens (tertiary/aromatic N) is 1. The van der Waals surface area contributed by atoms with Crippen LogP contribution in [0.15, 0.2) is 42.5 Å². The van der Waals surface area contributed by atoms with Gasteiger partial charge in [-0.15, -0.1) is 0 Å². The molecule has 1 aliphatic carbocycles. The van der Waals surface area contributed by atoms with E-state index in [2.05, 4.69) is 0 Å². The van der Waals surface area contributed by atoms with Crippen LogP contribution in [0.25, 0.3) is 11.3 Å². The van der Waals surface area contributed by atoms with Crippen LogP contribution < -0.4 is 0 Å². The van der Waals surface area contributed by atoms with E-state index in [-0.39, 0.29) is 11.7 Å². The first-order valence-corrected chi connectivity index (χ1v) is 7.68. The van der Waals surface area contributed by atoms with Crippen molar-refractivity contribution in [1.29, 1.82) is 0 Å². The smallest absolute Gasteiger partial charge is 0.323 e. The molecule has 1 atom stereocenters. The monoisotopic (exact) mass is 295 g/mol. The number of hydrogen-bond acceptors (Lipinski definition) is 2. The van der Waals surface area contributed by atoms with E-state index in [9.17, 15) is 14.7 Å². The van der Waals surface area contributed by atoms with Gasteiger partial charge in [0.25, 0.3) is 0 Å². The largest absolute Gasteiger partial charge is 0.480 e. The minimum Gasteiger partial charge on any atom is -0.480 e. The van der Waals surface area contributed by atoms with E-state index in [1.165, 1.54) is 0 Å². The Bertz CT molecular complexity index is 758. The van der Waals surface area contributed by atoms with Crippen molar-refractivity contribution in [3.8, 4) is 11.3 Å². The minimum absolute atomic E-state index is 0.0577. The highest BCUT2D eigenvalue weighted by molar-refractivity contribution is 6.11. The Labute approximate surface area is 128 Å². The quantitative estimate of drug-likeness (QED) is 0.882. The van der Waals surface area contributed by atoms with Crippen molar-refractivity contribution in [3.63, 3.8) is 0 Å². The third kappa shape index (κ3) is 1.70. The van der Waals surface area contributed by atoms with Crippen molar-refractivity contribution in [2.24, 2.45) is 5.92 Å². The molecule has 0 saturated heterocycles. The molecule has 1 unspecified atom stereocenters. The van der Waals surface area contributed by atoms with Crippen molar-refractivity contribution in [3.05, 3.63) is 48.2 Å². The normalized spacial score (nSPS) is 23.3. The van der Waals surface area contributed by atoms with Crippen LogP contribution in [0.2, 0.25) is 0 Å². The number of hydrogen-bond donors (Lipinski definition) is 1. The highest BCUT2D eigenvalue weighted by atomic mass is 16.4. The van der Waals surface area contributed by atoms with Gasteiger partial charge in [0, 0.05) is 23.9 Å². The van der Waals surface area contributed by atoms with E-state index in [0.717, 1.165) is 24.1 Å². The first-order chi connectivity index (χ1) is 10.6. The van der Waals surface area contributed by atoms with Crippen molar-refractivity contribution in [1.82, 2.24) is 4.57 Å². The zero-order chi connectivity index (χ0) is 15.3. The Balaban J connectivity index is 1.84. The summed E-state index contributed by atoms with van der Waals surface area (Å²) in [7, 11) is 0. The number of rotatable bonds is 4. The third-order valence-corrected chi connectivity index (χ3v) is 4.93. The molecule has 4 heteroatoms. The average molecular weight is 295 g/mol. The molecule has 4 nitrogen and oxygen atoms in total. The maximum absolute atomic E-state index is 12.7. The second-order valence-corrected chi connectivity index (χ2v) is 6.22. The number of aromatic nitrogens is 1. The average Bonchev–Trinajstić information content (AvgIpc) is 3.17. The van der Waals surface area contributed by atoms with E-state index in [0.29, 0.717) is 18.7 Å². The summed E-state index contributed by atoms with van der Waals surface area (Å²) in [5, 5.41) is 9.80. The summed E-state index contributed by atoms with van der Waals surface area (Å²) in [5.41, 5.74) is 1.35. The molecule has 1 aliphatic heterocycles. The van der Waals surface area contributed by atoms with Gasteiger partial charge in [0.2, 0.25) is 0 Å². The molecule has 1 fully saturated rings. The highest BCUT2D eigenvalue weighted by Gasteiger charge is 2.56. The number of carbonyl (C=O) groups excluding carboxylic acids is 1. The van der Waals surface area contributed by atoms with E-state index in [4.69, 9.17) is 0 Å². The zero-order valence-corrected chi connectivity index (χ0v) is 12.2. The summed E-state index contributed by atoms with van der Waals surface area (Å²) in [6.45, 7) is 0.581. The number of ketones is 1. The summed E-state index contributed by atoms with van der Waals surface area (Å²) >= 11 is 0. The third-order valence-electron chi connectivity index (χ3n) is 4.93. The number of Topliss-reactive ketones (excluding diaryl/α,β-unsaturated/α-hetero) is 1. The SMILES string of the molecule is O=C(O)C1(C(=O)C2CC2)CCn2c(-c3ccccc3)ccc21. The maximum Gasteiger partial charge on any atom is 0.323 e. The van der Waals surface area contributed by atoms with Crippen LogP contribution in [0.1, 0.15) is 25.0 Å². The maximum atomic E-state index is 12.7. The first-order valence-electron chi connectivity index (χ1n) is 7.68. The molecule has 1 N–H and O–H groups in total. The first kappa shape index (κ1) is 13.3. The van der Waals surface area contributed by atoms with Gasteiger partial charge in [0.1, 0.15) is 0 Å². The van der Waals surface area contributed by atoms with Gasteiger partial charge in [-0.3, -0.25) is 9.59 Å². The second-order valence-electron chi connectivity index (χ2n) is 6.22. The zero-order valence-electron chi connectivity index (χ0n) is 12.2. The van der Waals surface area contributed by atoms with Gasteiger partial charge >= 0.3 is 5.97 Å². The number of fused-ring (bicyclic) bond motifs is 1. The molecule has 112 valence electrons.